The second-order valence-corrected chi connectivity index (χ2v) is 4.94. The molecule has 1 fully saturated rings. The van der Waals surface area contributed by atoms with Crippen LogP contribution in [-0.2, 0) is 0 Å². The van der Waals surface area contributed by atoms with Crippen molar-refractivity contribution in [3.63, 3.8) is 0 Å². The molecule has 0 radical (unpaired) electrons. The van der Waals surface area contributed by atoms with Crippen molar-refractivity contribution in [2.24, 2.45) is 5.92 Å². The summed E-state index contributed by atoms with van der Waals surface area (Å²) in [5, 5.41) is 3.72. The molecule has 0 aromatic carbocycles. The second-order valence-electron chi connectivity index (χ2n) is 4.94. The van der Waals surface area contributed by atoms with Gasteiger partial charge in [-0.1, -0.05) is 19.8 Å². The molecule has 1 heterocycles. The van der Waals surface area contributed by atoms with E-state index in [1.165, 1.54) is 25.7 Å². The molecule has 1 aliphatic carbocycles. The van der Waals surface area contributed by atoms with Crippen LogP contribution in [0.3, 0.4) is 0 Å². The van der Waals surface area contributed by atoms with Crippen molar-refractivity contribution < 1.29 is 0 Å². The van der Waals surface area contributed by atoms with Gasteiger partial charge in [0.15, 0.2) is 0 Å². The number of aromatic amines is 1. The van der Waals surface area contributed by atoms with Gasteiger partial charge in [0, 0.05) is 18.4 Å². The minimum absolute atomic E-state index is 0.380. The monoisotopic (exact) mass is 221 g/mol. The van der Waals surface area contributed by atoms with E-state index in [9.17, 15) is 0 Å². The molecule has 0 bridgehead atoms. The first-order valence-electron chi connectivity index (χ1n) is 6.56. The number of aromatic nitrogens is 2. The summed E-state index contributed by atoms with van der Waals surface area (Å²) < 4.78 is 0. The molecule has 1 aromatic heterocycles. The van der Waals surface area contributed by atoms with Gasteiger partial charge in [-0.2, -0.15) is 0 Å². The van der Waals surface area contributed by atoms with Crippen molar-refractivity contribution in [3.8, 4) is 0 Å². The quantitative estimate of drug-likeness (QED) is 0.802. The third kappa shape index (κ3) is 2.64. The zero-order chi connectivity index (χ0) is 11.4. The summed E-state index contributed by atoms with van der Waals surface area (Å²) >= 11 is 0. The first-order chi connectivity index (χ1) is 7.81. The molecular formula is C13H23N3. The van der Waals surface area contributed by atoms with Crippen LogP contribution >= 0.6 is 0 Å². The Kier molecular flexibility index (Phi) is 3.99. The predicted octanol–water partition coefficient (Wildman–Crippen LogP) is 3.03. The molecule has 2 unspecified atom stereocenters. The van der Waals surface area contributed by atoms with Crippen LogP contribution in [0.5, 0.6) is 0 Å². The summed E-state index contributed by atoms with van der Waals surface area (Å²) in [6.45, 7) is 4.53. The fourth-order valence-electron chi connectivity index (χ4n) is 2.77. The summed E-state index contributed by atoms with van der Waals surface area (Å²) in [4.78, 5) is 7.56. The zero-order valence-corrected chi connectivity index (χ0v) is 10.4. The maximum atomic E-state index is 4.35. The molecule has 0 saturated heterocycles. The molecule has 2 N–H and O–H groups in total. The lowest BCUT2D eigenvalue weighted by Crippen LogP contribution is -2.35. The summed E-state index contributed by atoms with van der Waals surface area (Å²) in [5.41, 5.74) is 0. The smallest absolute Gasteiger partial charge is 0.123 e. The summed E-state index contributed by atoms with van der Waals surface area (Å²) in [7, 11) is 0. The Morgan fingerprint density at radius 3 is 2.81 bits per heavy atom. The van der Waals surface area contributed by atoms with E-state index >= 15 is 0 Å². The van der Waals surface area contributed by atoms with E-state index in [0.29, 0.717) is 12.1 Å². The van der Waals surface area contributed by atoms with Crippen LogP contribution in [0, 0.1) is 5.92 Å². The Morgan fingerprint density at radius 2 is 2.25 bits per heavy atom. The summed E-state index contributed by atoms with van der Waals surface area (Å²) in [5.74, 6) is 1.94. The Morgan fingerprint density at radius 1 is 1.50 bits per heavy atom. The Bertz CT molecular complexity index is 288. The Hall–Kier alpha value is -0.830. The van der Waals surface area contributed by atoms with E-state index in [2.05, 4.69) is 29.1 Å². The Balaban J connectivity index is 1.91. The van der Waals surface area contributed by atoms with Gasteiger partial charge in [0.25, 0.3) is 0 Å². The topological polar surface area (TPSA) is 40.7 Å². The molecule has 1 saturated carbocycles. The lowest BCUT2D eigenvalue weighted by molar-refractivity contribution is 0.333. The molecule has 2 rings (SSSR count). The summed E-state index contributed by atoms with van der Waals surface area (Å²) in [6, 6.07) is 0.989. The van der Waals surface area contributed by atoms with Crippen molar-refractivity contribution in [2.75, 3.05) is 0 Å². The van der Waals surface area contributed by atoms with Gasteiger partial charge < -0.3 is 10.3 Å². The third-order valence-corrected chi connectivity index (χ3v) is 3.83. The average Bonchev–Trinajstić information content (AvgIpc) is 2.96. The lowest BCUT2D eigenvalue weighted by atomic mass is 9.98. The number of hydrogen-bond donors (Lipinski definition) is 2. The summed E-state index contributed by atoms with van der Waals surface area (Å²) in [6.07, 6.45) is 10.4. The van der Waals surface area contributed by atoms with E-state index in [0.717, 1.165) is 18.2 Å². The van der Waals surface area contributed by atoms with E-state index in [-0.39, 0.29) is 0 Å². The highest BCUT2D eigenvalue weighted by atomic mass is 15.0. The molecule has 0 spiro atoms. The molecule has 90 valence electrons. The van der Waals surface area contributed by atoms with Crippen LogP contribution in [-0.4, -0.2) is 16.0 Å². The fourth-order valence-corrected chi connectivity index (χ4v) is 2.77. The van der Waals surface area contributed by atoms with Crippen LogP contribution in [0.15, 0.2) is 12.4 Å². The predicted molar refractivity (Wildman–Crippen MR) is 66.2 cm³/mol. The normalized spacial score (nSPS) is 21.1. The van der Waals surface area contributed by atoms with Crippen LogP contribution < -0.4 is 5.32 Å². The maximum Gasteiger partial charge on any atom is 0.123 e. The minimum atomic E-state index is 0.380. The van der Waals surface area contributed by atoms with Crippen LogP contribution in [0.2, 0.25) is 0 Å². The van der Waals surface area contributed by atoms with Crippen molar-refractivity contribution in [1.82, 2.24) is 15.3 Å². The highest BCUT2D eigenvalue weighted by molar-refractivity contribution is 4.96. The van der Waals surface area contributed by atoms with Crippen molar-refractivity contribution in [2.45, 2.75) is 58.0 Å². The van der Waals surface area contributed by atoms with Crippen molar-refractivity contribution in [1.29, 1.82) is 0 Å². The number of H-pyrrole nitrogens is 1. The van der Waals surface area contributed by atoms with Gasteiger partial charge in [0.1, 0.15) is 5.82 Å². The molecular weight excluding hydrogens is 198 g/mol. The SMILES string of the molecule is CCC(NC(C)C1CCCC1)c1ncc[nH]1. The first kappa shape index (κ1) is 11.6. The van der Waals surface area contributed by atoms with Gasteiger partial charge in [-0.3, -0.25) is 0 Å². The standard InChI is InChI=1S/C13H23N3/c1-3-12(13-14-8-9-15-13)16-10(2)11-6-4-5-7-11/h8-12,16H,3-7H2,1-2H3,(H,14,15). The fraction of sp³-hybridized carbons (Fsp3) is 0.769. The van der Waals surface area contributed by atoms with E-state index in [1.54, 1.807) is 0 Å². The minimum Gasteiger partial charge on any atom is -0.347 e. The van der Waals surface area contributed by atoms with Gasteiger partial charge in [0.05, 0.1) is 6.04 Å². The largest absolute Gasteiger partial charge is 0.347 e. The first-order valence-corrected chi connectivity index (χ1v) is 6.56. The third-order valence-electron chi connectivity index (χ3n) is 3.83. The maximum absolute atomic E-state index is 4.35. The highest BCUT2D eigenvalue weighted by Crippen LogP contribution is 2.28. The highest BCUT2D eigenvalue weighted by Gasteiger charge is 2.24. The molecule has 3 nitrogen and oxygen atoms in total. The van der Waals surface area contributed by atoms with Gasteiger partial charge in [-0.05, 0) is 32.1 Å². The molecule has 16 heavy (non-hydrogen) atoms. The zero-order valence-electron chi connectivity index (χ0n) is 10.4. The number of nitrogens with one attached hydrogen (secondary N) is 2. The molecule has 1 aromatic rings. The van der Waals surface area contributed by atoms with Crippen LogP contribution in [0.1, 0.15) is 57.8 Å². The lowest BCUT2D eigenvalue weighted by Gasteiger charge is -2.25. The van der Waals surface area contributed by atoms with Gasteiger partial charge in [0.2, 0.25) is 0 Å². The number of imidazole rings is 1. The van der Waals surface area contributed by atoms with Crippen molar-refractivity contribution in [3.05, 3.63) is 18.2 Å². The number of rotatable bonds is 5. The molecule has 0 amide bonds. The van der Waals surface area contributed by atoms with E-state index < -0.39 is 0 Å². The van der Waals surface area contributed by atoms with Gasteiger partial charge in [-0.15, -0.1) is 0 Å². The van der Waals surface area contributed by atoms with Crippen molar-refractivity contribution >= 4 is 0 Å². The molecule has 2 atom stereocenters. The van der Waals surface area contributed by atoms with Crippen LogP contribution in [0.4, 0.5) is 0 Å². The molecule has 3 heteroatoms. The second kappa shape index (κ2) is 5.48. The molecule has 1 aliphatic rings. The van der Waals surface area contributed by atoms with Crippen LogP contribution in [0.25, 0.3) is 0 Å². The molecule has 0 aliphatic heterocycles. The van der Waals surface area contributed by atoms with E-state index in [1.807, 2.05) is 12.4 Å². The number of nitrogens with zero attached hydrogens (tertiary/aromatic N) is 1. The average molecular weight is 221 g/mol. The van der Waals surface area contributed by atoms with Gasteiger partial charge in [-0.25, -0.2) is 4.98 Å². The van der Waals surface area contributed by atoms with E-state index in [4.69, 9.17) is 0 Å². The van der Waals surface area contributed by atoms with Gasteiger partial charge >= 0.3 is 0 Å². The number of hydrogen-bond acceptors (Lipinski definition) is 2. The Labute approximate surface area is 98.1 Å².